The molecule has 136 valence electrons. The van der Waals surface area contributed by atoms with Gasteiger partial charge in [0.15, 0.2) is 0 Å². The number of nitrogens with one attached hydrogen (secondary N) is 1. The lowest BCUT2D eigenvalue weighted by molar-refractivity contribution is -0.0559. The second-order valence-corrected chi connectivity index (χ2v) is 6.51. The summed E-state index contributed by atoms with van der Waals surface area (Å²) >= 11 is 0. The normalized spacial score (nSPS) is 16.6. The first-order chi connectivity index (χ1) is 11.9. The number of hydrogen-bond donors (Lipinski definition) is 3. The zero-order chi connectivity index (χ0) is 18.4. The number of aliphatic hydroxyl groups is 2. The van der Waals surface area contributed by atoms with Gasteiger partial charge in [-0.25, -0.2) is 10.0 Å². The molecule has 2 aromatic rings. The highest BCUT2D eigenvalue weighted by molar-refractivity contribution is 5.19. The molecule has 5 heteroatoms. The molecular formula is C20H29N3O2. The van der Waals surface area contributed by atoms with E-state index in [-0.39, 0.29) is 12.1 Å². The largest absolute Gasteiger partial charge is 0.387 e. The van der Waals surface area contributed by atoms with Gasteiger partial charge in [0.05, 0.1) is 24.3 Å². The average Bonchev–Trinajstić information content (AvgIpc) is 2.66. The number of hydrogen-bond acceptors (Lipinski definition) is 5. The molecule has 0 aliphatic rings. The van der Waals surface area contributed by atoms with Crippen LogP contribution in [0.25, 0.3) is 0 Å². The Morgan fingerprint density at radius 2 is 1.00 bits per heavy atom. The van der Waals surface area contributed by atoms with Gasteiger partial charge in [-0.15, -0.1) is 0 Å². The molecular weight excluding hydrogens is 314 g/mol. The van der Waals surface area contributed by atoms with E-state index in [1.54, 1.807) is 0 Å². The molecule has 0 aliphatic heterocycles. The van der Waals surface area contributed by atoms with Gasteiger partial charge in [-0.05, 0) is 25.0 Å². The van der Waals surface area contributed by atoms with Gasteiger partial charge in [-0.1, -0.05) is 60.7 Å². The molecule has 0 saturated heterocycles. The lowest BCUT2D eigenvalue weighted by Crippen LogP contribution is -2.55. The molecule has 0 aliphatic carbocycles. The summed E-state index contributed by atoms with van der Waals surface area (Å²) in [6.45, 7) is 3.91. The fraction of sp³-hybridized carbons (Fsp3) is 0.400. The van der Waals surface area contributed by atoms with Crippen LogP contribution in [-0.4, -0.2) is 46.4 Å². The summed E-state index contributed by atoms with van der Waals surface area (Å²) in [5, 5.41) is 24.8. The van der Waals surface area contributed by atoms with E-state index >= 15 is 0 Å². The highest BCUT2D eigenvalue weighted by Crippen LogP contribution is 2.21. The zero-order valence-electron chi connectivity index (χ0n) is 15.4. The van der Waals surface area contributed by atoms with Crippen molar-refractivity contribution in [3.05, 3.63) is 71.8 Å². The summed E-state index contributed by atoms with van der Waals surface area (Å²) in [6.07, 6.45) is -1.22. The Kier molecular flexibility index (Phi) is 7.11. The fourth-order valence-corrected chi connectivity index (χ4v) is 2.71. The quantitative estimate of drug-likeness (QED) is 0.643. The summed E-state index contributed by atoms with van der Waals surface area (Å²) in [6, 6.07) is 18.9. The molecule has 3 N–H and O–H groups in total. The van der Waals surface area contributed by atoms with Crippen molar-refractivity contribution in [2.75, 3.05) is 14.1 Å². The first kappa shape index (κ1) is 19.6. The molecule has 0 saturated carbocycles. The third kappa shape index (κ3) is 5.11. The molecule has 0 amide bonds. The van der Waals surface area contributed by atoms with Crippen LogP contribution in [0.3, 0.4) is 0 Å². The number of nitrogens with zero attached hydrogens (tertiary/aromatic N) is 2. The molecule has 4 unspecified atom stereocenters. The minimum atomic E-state index is -0.610. The molecule has 0 heterocycles. The van der Waals surface area contributed by atoms with Gasteiger partial charge in [0.25, 0.3) is 0 Å². The fourth-order valence-electron chi connectivity index (χ4n) is 2.71. The molecule has 25 heavy (non-hydrogen) atoms. The summed E-state index contributed by atoms with van der Waals surface area (Å²) in [5.41, 5.74) is 4.98. The van der Waals surface area contributed by atoms with Gasteiger partial charge < -0.3 is 10.2 Å². The topological polar surface area (TPSA) is 59.0 Å². The van der Waals surface area contributed by atoms with E-state index in [1.165, 1.54) is 0 Å². The van der Waals surface area contributed by atoms with Crippen LogP contribution in [0.4, 0.5) is 0 Å². The molecule has 0 fully saturated rings. The summed E-state index contributed by atoms with van der Waals surface area (Å²) in [4.78, 5) is 0. The zero-order valence-corrected chi connectivity index (χ0v) is 15.4. The smallest absolute Gasteiger partial charge is 0.0956 e. The van der Waals surface area contributed by atoms with Crippen molar-refractivity contribution in [3.63, 3.8) is 0 Å². The minimum absolute atomic E-state index is 0.147. The van der Waals surface area contributed by atoms with E-state index < -0.39 is 12.2 Å². The van der Waals surface area contributed by atoms with E-state index in [0.29, 0.717) is 0 Å². The Morgan fingerprint density at radius 1 is 0.680 bits per heavy atom. The van der Waals surface area contributed by atoms with E-state index in [0.717, 1.165) is 11.1 Å². The van der Waals surface area contributed by atoms with Crippen molar-refractivity contribution >= 4 is 0 Å². The molecule has 2 rings (SSSR count). The maximum atomic E-state index is 10.5. The molecule has 4 atom stereocenters. The van der Waals surface area contributed by atoms with E-state index in [1.807, 2.05) is 98.6 Å². The Morgan fingerprint density at radius 3 is 1.32 bits per heavy atom. The second kappa shape index (κ2) is 9.08. The van der Waals surface area contributed by atoms with Crippen molar-refractivity contribution < 1.29 is 10.2 Å². The average molecular weight is 343 g/mol. The first-order valence-corrected chi connectivity index (χ1v) is 8.59. The monoisotopic (exact) mass is 343 g/mol. The van der Waals surface area contributed by atoms with E-state index in [2.05, 4.69) is 5.53 Å². The lowest BCUT2D eigenvalue weighted by Gasteiger charge is -2.37. The van der Waals surface area contributed by atoms with Crippen molar-refractivity contribution in [3.8, 4) is 0 Å². The molecule has 0 bridgehead atoms. The Labute approximate surface area is 150 Å². The van der Waals surface area contributed by atoms with Crippen LogP contribution in [0.1, 0.15) is 37.2 Å². The van der Waals surface area contributed by atoms with Gasteiger partial charge >= 0.3 is 0 Å². The van der Waals surface area contributed by atoms with Gasteiger partial charge in [0.2, 0.25) is 0 Å². The number of aliphatic hydroxyl groups excluding tert-OH is 2. The van der Waals surface area contributed by atoms with Gasteiger partial charge in [0, 0.05) is 14.1 Å². The maximum Gasteiger partial charge on any atom is 0.0956 e. The van der Waals surface area contributed by atoms with Gasteiger partial charge in [-0.2, -0.15) is 5.53 Å². The Hall–Kier alpha value is -1.76. The second-order valence-electron chi connectivity index (χ2n) is 6.51. The predicted molar refractivity (Wildman–Crippen MR) is 100 cm³/mol. The van der Waals surface area contributed by atoms with E-state index in [9.17, 15) is 10.2 Å². The number of rotatable bonds is 8. The molecule has 0 aromatic heterocycles. The minimum Gasteiger partial charge on any atom is -0.387 e. The van der Waals surface area contributed by atoms with Crippen LogP contribution in [0.5, 0.6) is 0 Å². The van der Waals surface area contributed by atoms with Crippen LogP contribution in [0, 0.1) is 0 Å². The van der Waals surface area contributed by atoms with Crippen LogP contribution in [0.2, 0.25) is 0 Å². The van der Waals surface area contributed by atoms with Gasteiger partial charge in [0.1, 0.15) is 0 Å². The van der Waals surface area contributed by atoms with Gasteiger partial charge in [-0.3, -0.25) is 0 Å². The summed E-state index contributed by atoms with van der Waals surface area (Å²) in [5.74, 6) is 0. The maximum absolute atomic E-state index is 10.5. The third-order valence-corrected chi connectivity index (χ3v) is 4.73. The van der Waals surface area contributed by atoms with Crippen molar-refractivity contribution in [1.82, 2.24) is 15.6 Å². The Balaban J connectivity index is 1.95. The third-order valence-electron chi connectivity index (χ3n) is 4.73. The molecule has 2 aromatic carbocycles. The van der Waals surface area contributed by atoms with Crippen molar-refractivity contribution in [1.29, 1.82) is 0 Å². The predicted octanol–water partition coefficient (Wildman–Crippen LogP) is 2.51. The van der Waals surface area contributed by atoms with Crippen LogP contribution in [-0.2, 0) is 0 Å². The van der Waals surface area contributed by atoms with Crippen LogP contribution in [0.15, 0.2) is 60.7 Å². The van der Waals surface area contributed by atoms with Crippen LogP contribution >= 0.6 is 0 Å². The lowest BCUT2D eigenvalue weighted by atomic mass is 10.0. The first-order valence-electron chi connectivity index (χ1n) is 8.59. The summed E-state index contributed by atoms with van der Waals surface area (Å²) in [7, 11) is 3.77. The standard InChI is InChI=1S/C20H29N3O2/c1-15(19(24)17-11-7-5-8-12-17)22(3)21-23(4)16(2)20(25)18-13-9-6-10-14-18/h5-16,19-21,24-25H,1-4H3. The molecule has 0 radical (unpaired) electrons. The highest BCUT2D eigenvalue weighted by Gasteiger charge is 2.25. The molecule has 5 nitrogen and oxygen atoms in total. The van der Waals surface area contributed by atoms with Crippen molar-refractivity contribution in [2.24, 2.45) is 0 Å². The number of hydrazine groups is 2. The number of benzene rings is 2. The molecule has 0 spiro atoms. The van der Waals surface area contributed by atoms with E-state index in [4.69, 9.17) is 0 Å². The SMILES string of the molecule is CC(C(O)c1ccccc1)N(C)NN(C)C(C)C(O)c1ccccc1. The number of likely N-dealkylation sites (N-methyl/N-ethyl adjacent to an activating group) is 2. The summed E-state index contributed by atoms with van der Waals surface area (Å²) < 4.78 is 0. The van der Waals surface area contributed by atoms with Crippen LogP contribution < -0.4 is 5.53 Å². The highest BCUT2D eigenvalue weighted by atomic mass is 16.3. The van der Waals surface area contributed by atoms with Crippen molar-refractivity contribution in [2.45, 2.75) is 38.1 Å². The Bertz CT molecular complexity index is 568.